The van der Waals surface area contributed by atoms with Gasteiger partial charge in [-0.25, -0.2) is 9.97 Å². The average molecular weight is 348 g/mol. The number of non-ortho nitro benzene ring substituents is 1. The number of nitro groups is 1. The summed E-state index contributed by atoms with van der Waals surface area (Å²) in [7, 11) is 0. The van der Waals surface area contributed by atoms with Crippen LogP contribution in [0.25, 0.3) is 0 Å². The van der Waals surface area contributed by atoms with Gasteiger partial charge in [-0.1, -0.05) is 34.8 Å². The number of aromatic nitrogens is 2. The lowest BCUT2D eigenvalue weighted by Crippen LogP contribution is -2.15. The molecule has 1 aromatic heterocycles. The molecule has 2 aromatic rings. The van der Waals surface area contributed by atoms with E-state index in [1.807, 2.05) is 0 Å². The van der Waals surface area contributed by atoms with Gasteiger partial charge in [0.15, 0.2) is 0 Å². The molecule has 0 aliphatic carbocycles. The third-order valence-electron chi connectivity index (χ3n) is 2.29. The highest BCUT2D eigenvalue weighted by atomic mass is 35.5. The van der Waals surface area contributed by atoms with Gasteiger partial charge in [0.1, 0.15) is 10.3 Å². The zero-order valence-corrected chi connectivity index (χ0v) is 12.3. The van der Waals surface area contributed by atoms with Crippen LogP contribution in [0.2, 0.25) is 15.3 Å². The smallest absolute Gasteiger partial charge is 0.270 e. The van der Waals surface area contributed by atoms with Gasteiger partial charge in [-0.05, 0) is 6.07 Å². The Morgan fingerprint density at radius 2 is 1.76 bits per heavy atom. The van der Waals surface area contributed by atoms with Crippen molar-refractivity contribution in [3.05, 3.63) is 55.3 Å². The molecule has 0 aliphatic rings. The van der Waals surface area contributed by atoms with Crippen LogP contribution in [-0.2, 0) is 0 Å². The standard InChI is InChI=1S/C11H5Cl3N4O3/c12-7-2-1-5(18(20)21)3-6(7)10(19)17-11-15-8(13)4-9(14)16-11/h1-4H,(H,15,16,17,19). The molecule has 10 heteroatoms. The van der Waals surface area contributed by atoms with Crippen LogP contribution in [0, 0.1) is 10.1 Å². The molecule has 108 valence electrons. The number of nitro benzene ring substituents is 1. The average Bonchev–Trinajstić information content (AvgIpc) is 2.37. The Labute approximate surface area is 133 Å². The molecule has 1 heterocycles. The molecule has 0 spiro atoms. The van der Waals surface area contributed by atoms with Gasteiger partial charge in [0, 0.05) is 18.2 Å². The molecule has 7 nitrogen and oxygen atoms in total. The number of amides is 1. The van der Waals surface area contributed by atoms with Gasteiger partial charge in [0.05, 0.1) is 15.5 Å². The van der Waals surface area contributed by atoms with Crippen LogP contribution >= 0.6 is 34.8 Å². The first-order valence-electron chi connectivity index (χ1n) is 5.32. The highest BCUT2D eigenvalue weighted by molar-refractivity contribution is 6.35. The SMILES string of the molecule is O=C(Nc1nc(Cl)cc(Cl)n1)c1cc([N+](=O)[O-])ccc1Cl. The van der Waals surface area contributed by atoms with Crippen molar-refractivity contribution in [1.29, 1.82) is 0 Å². The van der Waals surface area contributed by atoms with Crippen LogP contribution in [0.5, 0.6) is 0 Å². The van der Waals surface area contributed by atoms with Crippen molar-refractivity contribution < 1.29 is 9.72 Å². The van der Waals surface area contributed by atoms with E-state index in [1.165, 1.54) is 18.2 Å². The van der Waals surface area contributed by atoms with Gasteiger partial charge in [0.25, 0.3) is 11.6 Å². The molecule has 0 fully saturated rings. The first-order valence-corrected chi connectivity index (χ1v) is 6.45. The molecule has 0 unspecified atom stereocenters. The highest BCUT2D eigenvalue weighted by Crippen LogP contribution is 2.23. The summed E-state index contributed by atoms with van der Waals surface area (Å²) in [6, 6.07) is 4.77. The summed E-state index contributed by atoms with van der Waals surface area (Å²) in [6.07, 6.45) is 0. The highest BCUT2D eigenvalue weighted by Gasteiger charge is 2.17. The normalized spacial score (nSPS) is 10.2. The molecule has 0 bridgehead atoms. The summed E-state index contributed by atoms with van der Waals surface area (Å²) in [5.74, 6) is -0.859. The molecule has 0 radical (unpaired) electrons. The van der Waals surface area contributed by atoms with Gasteiger partial charge in [-0.3, -0.25) is 20.2 Å². The van der Waals surface area contributed by atoms with Crippen molar-refractivity contribution in [2.75, 3.05) is 5.32 Å². The van der Waals surface area contributed by atoms with Crippen molar-refractivity contribution in [2.24, 2.45) is 0 Å². The van der Waals surface area contributed by atoms with Crippen molar-refractivity contribution >= 4 is 52.3 Å². The lowest BCUT2D eigenvalue weighted by atomic mass is 10.2. The van der Waals surface area contributed by atoms with Crippen molar-refractivity contribution in [3.8, 4) is 0 Å². The van der Waals surface area contributed by atoms with Crippen LogP contribution in [0.15, 0.2) is 24.3 Å². The fraction of sp³-hybridized carbons (Fsp3) is 0. The number of nitrogens with zero attached hydrogens (tertiary/aromatic N) is 3. The zero-order valence-electron chi connectivity index (χ0n) is 10.0. The first-order chi connectivity index (χ1) is 9.86. The first kappa shape index (κ1) is 15.4. The molecule has 1 aromatic carbocycles. The van der Waals surface area contributed by atoms with E-state index in [9.17, 15) is 14.9 Å². The van der Waals surface area contributed by atoms with Crippen molar-refractivity contribution in [2.45, 2.75) is 0 Å². The van der Waals surface area contributed by atoms with E-state index in [0.29, 0.717) is 0 Å². The van der Waals surface area contributed by atoms with E-state index >= 15 is 0 Å². The Hall–Kier alpha value is -1.96. The van der Waals surface area contributed by atoms with Crippen molar-refractivity contribution in [3.63, 3.8) is 0 Å². The topological polar surface area (TPSA) is 98.0 Å². The van der Waals surface area contributed by atoms with Crippen LogP contribution in [0.1, 0.15) is 10.4 Å². The molecular weight excluding hydrogens is 343 g/mol. The van der Waals surface area contributed by atoms with Gasteiger partial charge in [-0.2, -0.15) is 0 Å². The van der Waals surface area contributed by atoms with E-state index in [1.54, 1.807) is 0 Å². The van der Waals surface area contributed by atoms with Crippen LogP contribution in [0.4, 0.5) is 11.6 Å². The minimum absolute atomic E-state index is 0.0374. The zero-order chi connectivity index (χ0) is 15.6. The maximum atomic E-state index is 12.0. The quantitative estimate of drug-likeness (QED) is 0.519. The van der Waals surface area contributed by atoms with E-state index in [2.05, 4.69) is 15.3 Å². The number of carbonyl (C=O) groups excluding carboxylic acids is 1. The number of hydrogen-bond acceptors (Lipinski definition) is 5. The summed E-state index contributed by atoms with van der Waals surface area (Å²) in [5, 5.41) is 13.1. The van der Waals surface area contributed by atoms with Crippen molar-refractivity contribution in [1.82, 2.24) is 9.97 Å². The van der Waals surface area contributed by atoms with Gasteiger partial charge in [0.2, 0.25) is 5.95 Å². The predicted molar refractivity (Wildman–Crippen MR) is 78.1 cm³/mol. The Balaban J connectivity index is 2.31. The number of anilines is 1. The van der Waals surface area contributed by atoms with Gasteiger partial charge >= 0.3 is 0 Å². The molecule has 0 aliphatic heterocycles. The summed E-state index contributed by atoms with van der Waals surface area (Å²) in [4.78, 5) is 29.6. The second-order valence-corrected chi connectivity index (χ2v) is 4.89. The largest absolute Gasteiger partial charge is 0.290 e. The molecule has 0 atom stereocenters. The molecule has 1 N–H and O–H groups in total. The maximum Gasteiger partial charge on any atom is 0.270 e. The van der Waals surface area contributed by atoms with Crippen LogP contribution in [0.3, 0.4) is 0 Å². The minimum Gasteiger partial charge on any atom is -0.290 e. The van der Waals surface area contributed by atoms with Gasteiger partial charge < -0.3 is 0 Å². The summed E-state index contributed by atoms with van der Waals surface area (Å²) in [6.45, 7) is 0. The third-order valence-corrected chi connectivity index (χ3v) is 3.01. The van der Waals surface area contributed by atoms with E-state index in [-0.39, 0.29) is 32.5 Å². The number of carbonyl (C=O) groups is 1. The summed E-state index contributed by atoms with van der Waals surface area (Å²) >= 11 is 17.2. The second kappa shape index (κ2) is 6.21. The molecule has 0 saturated heterocycles. The fourth-order valence-corrected chi connectivity index (χ4v) is 2.04. The van der Waals surface area contributed by atoms with Crippen LogP contribution < -0.4 is 5.32 Å². The molecule has 21 heavy (non-hydrogen) atoms. The monoisotopic (exact) mass is 346 g/mol. The summed E-state index contributed by atoms with van der Waals surface area (Å²) in [5.41, 5.74) is -0.361. The Kier molecular flexibility index (Phi) is 4.56. The summed E-state index contributed by atoms with van der Waals surface area (Å²) < 4.78 is 0. The maximum absolute atomic E-state index is 12.0. The molecule has 0 saturated carbocycles. The van der Waals surface area contributed by atoms with E-state index in [4.69, 9.17) is 34.8 Å². The number of halogens is 3. The van der Waals surface area contributed by atoms with E-state index < -0.39 is 10.8 Å². The molecular formula is C11H5Cl3N4O3. The fourth-order valence-electron chi connectivity index (χ4n) is 1.42. The molecule has 1 amide bonds. The number of nitrogens with one attached hydrogen (secondary N) is 1. The lowest BCUT2D eigenvalue weighted by molar-refractivity contribution is -0.384. The Bertz CT molecular complexity index is 718. The Morgan fingerprint density at radius 3 is 2.33 bits per heavy atom. The van der Waals surface area contributed by atoms with E-state index in [0.717, 1.165) is 6.07 Å². The molecule has 2 rings (SSSR count). The second-order valence-electron chi connectivity index (χ2n) is 3.71. The number of rotatable bonds is 3. The predicted octanol–water partition coefficient (Wildman–Crippen LogP) is 3.60. The third kappa shape index (κ3) is 3.78. The minimum atomic E-state index is -0.720. The lowest BCUT2D eigenvalue weighted by Gasteiger charge is -2.06. The van der Waals surface area contributed by atoms with Crippen LogP contribution in [-0.4, -0.2) is 20.8 Å². The number of benzene rings is 1. The number of hydrogen-bond donors (Lipinski definition) is 1. The Morgan fingerprint density at radius 1 is 1.14 bits per heavy atom. The van der Waals surface area contributed by atoms with Gasteiger partial charge in [-0.15, -0.1) is 0 Å².